The largest absolute Gasteiger partial charge is 0.272 e. The zero-order valence-electron chi connectivity index (χ0n) is 8.88. The van der Waals surface area contributed by atoms with E-state index < -0.39 is 0 Å². The van der Waals surface area contributed by atoms with Gasteiger partial charge in [-0.15, -0.1) is 11.6 Å². The molecule has 3 heteroatoms. The van der Waals surface area contributed by atoms with E-state index in [1.165, 1.54) is 32.1 Å². The van der Waals surface area contributed by atoms with Crippen molar-refractivity contribution >= 4 is 11.6 Å². The second-order valence-electron chi connectivity index (χ2n) is 3.66. The molecule has 0 N–H and O–H groups in total. The van der Waals surface area contributed by atoms with Gasteiger partial charge in [-0.2, -0.15) is 5.10 Å². The Morgan fingerprint density at radius 2 is 2.07 bits per heavy atom. The van der Waals surface area contributed by atoms with Crippen LogP contribution in [-0.2, 0) is 12.4 Å². The van der Waals surface area contributed by atoms with E-state index in [1.54, 1.807) is 0 Å². The number of aromatic nitrogens is 2. The zero-order valence-corrected chi connectivity index (χ0v) is 9.63. The van der Waals surface area contributed by atoms with Crippen LogP contribution in [0.3, 0.4) is 0 Å². The summed E-state index contributed by atoms with van der Waals surface area (Å²) in [7, 11) is 0. The number of unbranched alkanes of at least 4 members (excludes halogenated alkanes) is 4. The molecule has 0 saturated heterocycles. The van der Waals surface area contributed by atoms with Gasteiger partial charge in [-0.25, -0.2) is 0 Å². The summed E-state index contributed by atoms with van der Waals surface area (Å²) in [4.78, 5) is 0. The highest BCUT2D eigenvalue weighted by atomic mass is 35.5. The highest BCUT2D eigenvalue weighted by molar-refractivity contribution is 6.17. The van der Waals surface area contributed by atoms with Crippen molar-refractivity contribution in [3.05, 3.63) is 18.0 Å². The molecular weight excluding hydrogens is 196 g/mol. The Labute approximate surface area is 91.3 Å². The van der Waals surface area contributed by atoms with Crippen molar-refractivity contribution in [2.75, 3.05) is 0 Å². The van der Waals surface area contributed by atoms with Gasteiger partial charge in [-0.3, -0.25) is 4.68 Å². The van der Waals surface area contributed by atoms with Crippen LogP contribution in [0.2, 0.25) is 0 Å². The molecule has 80 valence electrons. The molecule has 0 fully saturated rings. The predicted octanol–water partition coefficient (Wildman–Crippen LogP) is 3.59. The molecule has 14 heavy (non-hydrogen) atoms. The van der Waals surface area contributed by atoms with E-state index >= 15 is 0 Å². The van der Waals surface area contributed by atoms with Gasteiger partial charge in [-0.1, -0.05) is 32.6 Å². The van der Waals surface area contributed by atoms with E-state index in [-0.39, 0.29) is 0 Å². The quantitative estimate of drug-likeness (QED) is 0.501. The van der Waals surface area contributed by atoms with Gasteiger partial charge >= 0.3 is 0 Å². The molecule has 1 aromatic rings. The molecule has 0 aromatic carbocycles. The highest BCUT2D eigenvalue weighted by Gasteiger charge is 1.96. The maximum atomic E-state index is 5.69. The summed E-state index contributed by atoms with van der Waals surface area (Å²) < 4.78 is 1.99. The molecule has 0 aliphatic carbocycles. The van der Waals surface area contributed by atoms with Crippen LogP contribution in [0.25, 0.3) is 0 Å². The highest BCUT2D eigenvalue weighted by Crippen LogP contribution is 2.06. The van der Waals surface area contributed by atoms with E-state index in [2.05, 4.69) is 12.0 Å². The van der Waals surface area contributed by atoms with Gasteiger partial charge in [0.2, 0.25) is 0 Å². The van der Waals surface area contributed by atoms with Gasteiger partial charge in [0.25, 0.3) is 0 Å². The first-order valence-corrected chi connectivity index (χ1v) is 5.97. The van der Waals surface area contributed by atoms with E-state index in [0.717, 1.165) is 12.1 Å². The van der Waals surface area contributed by atoms with E-state index in [4.69, 9.17) is 11.6 Å². The van der Waals surface area contributed by atoms with E-state index in [1.807, 2.05) is 17.1 Å². The topological polar surface area (TPSA) is 17.8 Å². The first-order valence-electron chi connectivity index (χ1n) is 5.44. The van der Waals surface area contributed by atoms with Crippen molar-refractivity contribution in [2.45, 2.75) is 51.5 Å². The molecular formula is C11H19ClN2. The minimum atomic E-state index is 0.565. The summed E-state index contributed by atoms with van der Waals surface area (Å²) in [5.41, 5.74) is 1.11. The van der Waals surface area contributed by atoms with Crippen molar-refractivity contribution < 1.29 is 0 Å². The fourth-order valence-electron chi connectivity index (χ4n) is 1.48. The zero-order chi connectivity index (χ0) is 10.2. The molecule has 0 bridgehead atoms. The second kappa shape index (κ2) is 6.88. The lowest BCUT2D eigenvalue weighted by Crippen LogP contribution is -1.97. The molecule has 1 rings (SSSR count). The minimum Gasteiger partial charge on any atom is -0.272 e. The molecule has 0 atom stereocenters. The molecule has 1 aromatic heterocycles. The number of rotatable bonds is 7. The van der Waals surface area contributed by atoms with Crippen molar-refractivity contribution in [2.24, 2.45) is 0 Å². The van der Waals surface area contributed by atoms with E-state index in [9.17, 15) is 0 Å². The molecule has 0 unspecified atom stereocenters. The summed E-state index contributed by atoms with van der Waals surface area (Å²) >= 11 is 5.69. The second-order valence-corrected chi connectivity index (χ2v) is 3.93. The smallest absolute Gasteiger partial charge is 0.0533 e. The Hall–Kier alpha value is -0.500. The Morgan fingerprint density at radius 1 is 1.29 bits per heavy atom. The molecule has 2 nitrogen and oxygen atoms in total. The monoisotopic (exact) mass is 214 g/mol. The Morgan fingerprint density at radius 3 is 2.71 bits per heavy atom. The molecule has 0 radical (unpaired) electrons. The van der Waals surface area contributed by atoms with Crippen LogP contribution in [0.4, 0.5) is 0 Å². The Balaban J connectivity index is 2.12. The lowest BCUT2D eigenvalue weighted by Gasteiger charge is -2.00. The predicted molar refractivity (Wildman–Crippen MR) is 60.5 cm³/mol. The van der Waals surface area contributed by atoms with Crippen LogP contribution >= 0.6 is 11.6 Å². The van der Waals surface area contributed by atoms with Gasteiger partial charge in [0.15, 0.2) is 0 Å². The maximum absolute atomic E-state index is 5.69. The number of alkyl halides is 1. The molecule has 1 heterocycles. The molecule has 0 saturated carbocycles. The third-order valence-corrected chi connectivity index (χ3v) is 2.64. The summed E-state index contributed by atoms with van der Waals surface area (Å²) in [6, 6.07) is 0. The van der Waals surface area contributed by atoms with Gasteiger partial charge in [0, 0.05) is 18.3 Å². The van der Waals surface area contributed by atoms with Crippen LogP contribution in [0.15, 0.2) is 12.4 Å². The molecule has 0 amide bonds. The standard InChI is InChI=1S/C11H19ClN2/c1-2-3-4-5-6-7-14-10-11(8-12)9-13-14/h9-10H,2-8H2,1H3. The fourth-order valence-corrected chi connectivity index (χ4v) is 1.61. The lowest BCUT2D eigenvalue weighted by molar-refractivity contribution is 0.533. The lowest BCUT2D eigenvalue weighted by atomic mass is 10.1. The molecule has 0 spiro atoms. The van der Waals surface area contributed by atoms with Crippen molar-refractivity contribution in [1.82, 2.24) is 9.78 Å². The molecule has 0 aliphatic heterocycles. The van der Waals surface area contributed by atoms with Crippen LogP contribution in [-0.4, -0.2) is 9.78 Å². The van der Waals surface area contributed by atoms with Crippen LogP contribution in [0, 0.1) is 0 Å². The Kier molecular flexibility index (Phi) is 5.69. The summed E-state index contributed by atoms with van der Waals surface area (Å²) in [6.45, 7) is 3.26. The van der Waals surface area contributed by atoms with Crippen molar-refractivity contribution in [3.8, 4) is 0 Å². The van der Waals surface area contributed by atoms with Crippen LogP contribution in [0.5, 0.6) is 0 Å². The third-order valence-electron chi connectivity index (χ3n) is 2.33. The van der Waals surface area contributed by atoms with Crippen molar-refractivity contribution in [3.63, 3.8) is 0 Å². The average molecular weight is 215 g/mol. The number of nitrogens with zero attached hydrogens (tertiary/aromatic N) is 2. The van der Waals surface area contributed by atoms with Crippen LogP contribution < -0.4 is 0 Å². The minimum absolute atomic E-state index is 0.565. The SMILES string of the molecule is CCCCCCCn1cc(CCl)cn1. The fraction of sp³-hybridized carbons (Fsp3) is 0.727. The summed E-state index contributed by atoms with van der Waals surface area (Å²) in [5.74, 6) is 0.565. The summed E-state index contributed by atoms with van der Waals surface area (Å²) in [6.07, 6.45) is 10.4. The first-order chi connectivity index (χ1) is 6.86. The van der Waals surface area contributed by atoms with Gasteiger partial charge < -0.3 is 0 Å². The number of hydrogen-bond acceptors (Lipinski definition) is 1. The third kappa shape index (κ3) is 4.14. The number of hydrogen-bond donors (Lipinski definition) is 0. The number of aryl methyl sites for hydroxylation is 1. The van der Waals surface area contributed by atoms with Crippen LogP contribution in [0.1, 0.15) is 44.6 Å². The Bertz CT molecular complexity index is 245. The van der Waals surface area contributed by atoms with Gasteiger partial charge in [-0.05, 0) is 6.42 Å². The van der Waals surface area contributed by atoms with Gasteiger partial charge in [0.05, 0.1) is 12.1 Å². The van der Waals surface area contributed by atoms with Crippen molar-refractivity contribution in [1.29, 1.82) is 0 Å². The maximum Gasteiger partial charge on any atom is 0.0533 e. The average Bonchev–Trinajstić information content (AvgIpc) is 2.65. The molecule has 0 aliphatic rings. The summed E-state index contributed by atoms with van der Waals surface area (Å²) in [5, 5.41) is 4.24. The first kappa shape index (κ1) is 11.6. The van der Waals surface area contributed by atoms with Gasteiger partial charge in [0.1, 0.15) is 0 Å². The number of halogens is 1. The van der Waals surface area contributed by atoms with E-state index in [0.29, 0.717) is 5.88 Å². The normalized spacial score (nSPS) is 10.7.